The zero-order valence-corrected chi connectivity index (χ0v) is 12.8. The molecule has 0 spiro atoms. The first-order valence-corrected chi connectivity index (χ1v) is 7.98. The fraction of sp³-hybridized carbons (Fsp3) is 1.00. The van der Waals surface area contributed by atoms with E-state index in [1.54, 1.807) is 0 Å². The number of nitrogens with one attached hydrogen (secondary N) is 1. The van der Waals surface area contributed by atoms with E-state index in [0.717, 1.165) is 17.9 Å². The Morgan fingerprint density at radius 1 is 1.22 bits per heavy atom. The summed E-state index contributed by atoms with van der Waals surface area (Å²) in [5, 5.41) is 3.60. The molecule has 0 aromatic heterocycles. The Labute approximate surface area is 114 Å². The third-order valence-corrected chi connectivity index (χ3v) is 5.08. The van der Waals surface area contributed by atoms with Crippen LogP contribution in [-0.4, -0.2) is 37.1 Å². The molecule has 2 rings (SSSR count). The molecule has 0 aromatic rings. The standard InChI is InChI=1S/C16H32N2/c1-13(2)7-10-18(15-5-6-15)12-16(14(3)4)8-9-17-11-16/h13-15,17H,5-12H2,1-4H3. The first kappa shape index (κ1) is 14.3. The molecular formula is C16H32N2. The van der Waals surface area contributed by atoms with Crippen LogP contribution in [0.2, 0.25) is 0 Å². The minimum Gasteiger partial charge on any atom is -0.316 e. The van der Waals surface area contributed by atoms with Gasteiger partial charge in [-0.25, -0.2) is 0 Å². The maximum absolute atomic E-state index is 3.60. The Kier molecular flexibility index (Phi) is 4.71. The maximum atomic E-state index is 3.60. The van der Waals surface area contributed by atoms with Gasteiger partial charge in [0.1, 0.15) is 0 Å². The van der Waals surface area contributed by atoms with Crippen molar-refractivity contribution < 1.29 is 0 Å². The van der Waals surface area contributed by atoms with Gasteiger partial charge in [-0.2, -0.15) is 0 Å². The van der Waals surface area contributed by atoms with Crippen LogP contribution in [0.15, 0.2) is 0 Å². The Morgan fingerprint density at radius 3 is 2.39 bits per heavy atom. The largest absolute Gasteiger partial charge is 0.316 e. The molecule has 1 atom stereocenters. The average molecular weight is 252 g/mol. The first-order valence-electron chi connectivity index (χ1n) is 7.98. The topological polar surface area (TPSA) is 15.3 Å². The van der Waals surface area contributed by atoms with E-state index in [0.29, 0.717) is 5.41 Å². The Bertz CT molecular complexity index is 250. The van der Waals surface area contributed by atoms with Crippen LogP contribution in [0.3, 0.4) is 0 Å². The minimum absolute atomic E-state index is 0.541. The van der Waals surface area contributed by atoms with Crippen molar-refractivity contribution >= 4 is 0 Å². The molecule has 1 N–H and O–H groups in total. The van der Waals surface area contributed by atoms with E-state index in [2.05, 4.69) is 37.9 Å². The minimum atomic E-state index is 0.541. The van der Waals surface area contributed by atoms with Crippen molar-refractivity contribution in [3.05, 3.63) is 0 Å². The molecule has 1 unspecified atom stereocenters. The van der Waals surface area contributed by atoms with Crippen molar-refractivity contribution in [3.63, 3.8) is 0 Å². The zero-order chi connectivity index (χ0) is 13.2. The second-order valence-corrected chi connectivity index (χ2v) is 7.33. The van der Waals surface area contributed by atoms with E-state index in [9.17, 15) is 0 Å². The molecule has 1 aliphatic carbocycles. The highest BCUT2D eigenvalue weighted by molar-refractivity contribution is 4.96. The number of nitrogens with zero attached hydrogens (tertiary/aromatic N) is 1. The van der Waals surface area contributed by atoms with Crippen molar-refractivity contribution in [2.75, 3.05) is 26.2 Å². The van der Waals surface area contributed by atoms with Gasteiger partial charge in [0.25, 0.3) is 0 Å². The predicted octanol–water partition coefficient (Wildman–Crippen LogP) is 3.13. The van der Waals surface area contributed by atoms with E-state index in [1.165, 1.54) is 51.9 Å². The van der Waals surface area contributed by atoms with E-state index in [1.807, 2.05) is 0 Å². The van der Waals surface area contributed by atoms with Gasteiger partial charge in [0.05, 0.1) is 0 Å². The molecule has 1 saturated heterocycles. The second kappa shape index (κ2) is 5.92. The van der Waals surface area contributed by atoms with E-state index >= 15 is 0 Å². The summed E-state index contributed by atoms with van der Waals surface area (Å²) < 4.78 is 0. The Balaban J connectivity index is 1.93. The molecule has 18 heavy (non-hydrogen) atoms. The third kappa shape index (κ3) is 3.48. The van der Waals surface area contributed by atoms with Gasteiger partial charge in [-0.1, -0.05) is 27.7 Å². The van der Waals surface area contributed by atoms with E-state index in [4.69, 9.17) is 0 Å². The van der Waals surface area contributed by atoms with Crippen molar-refractivity contribution in [2.45, 2.75) is 59.4 Å². The number of hydrogen-bond acceptors (Lipinski definition) is 2. The van der Waals surface area contributed by atoms with E-state index in [-0.39, 0.29) is 0 Å². The average Bonchev–Trinajstić information content (AvgIpc) is 3.04. The molecule has 0 bridgehead atoms. The van der Waals surface area contributed by atoms with Crippen LogP contribution in [-0.2, 0) is 0 Å². The molecule has 0 aromatic carbocycles. The van der Waals surface area contributed by atoms with Crippen LogP contribution in [0, 0.1) is 17.3 Å². The SMILES string of the molecule is CC(C)CCN(CC1(C(C)C)CCNC1)C1CC1. The fourth-order valence-corrected chi connectivity index (χ4v) is 3.23. The molecule has 2 nitrogen and oxygen atoms in total. The summed E-state index contributed by atoms with van der Waals surface area (Å²) >= 11 is 0. The number of hydrogen-bond donors (Lipinski definition) is 1. The summed E-state index contributed by atoms with van der Waals surface area (Å²) in [6, 6.07) is 0.917. The van der Waals surface area contributed by atoms with Crippen LogP contribution in [0.25, 0.3) is 0 Å². The van der Waals surface area contributed by atoms with Crippen molar-refractivity contribution in [1.29, 1.82) is 0 Å². The fourth-order valence-electron chi connectivity index (χ4n) is 3.23. The molecule has 106 valence electrons. The van der Waals surface area contributed by atoms with Crippen LogP contribution < -0.4 is 5.32 Å². The lowest BCUT2D eigenvalue weighted by Gasteiger charge is -2.38. The quantitative estimate of drug-likeness (QED) is 0.749. The van der Waals surface area contributed by atoms with Crippen molar-refractivity contribution in [2.24, 2.45) is 17.3 Å². The smallest absolute Gasteiger partial charge is 0.00966 e. The van der Waals surface area contributed by atoms with Crippen LogP contribution >= 0.6 is 0 Å². The van der Waals surface area contributed by atoms with Gasteiger partial charge >= 0.3 is 0 Å². The lowest BCUT2D eigenvalue weighted by molar-refractivity contribution is 0.108. The van der Waals surface area contributed by atoms with Crippen LogP contribution in [0.1, 0.15) is 53.4 Å². The summed E-state index contributed by atoms with van der Waals surface area (Å²) in [7, 11) is 0. The van der Waals surface area contributed by atoms with E-state index < -0.39 is 0 Å². The molecule has 1 saturated carbocycles. The highest BCUT2D eigenvalue weighted by Gasteiger charge is 2.41. The molecule has 1 aliphatic heterocycles. The van der Waals surface area contributed by atoms with Gasteiger partial charge in [-0.05, 0) is 56.0 Å². The third-order valence-electron chi connectivity index (χ3n) is 5.08. The van der Waals surface area contributed by atoms with Crippen molar-refractivity contribution in [3.8, 4) is 0 Å². The molecule has 0 radical (unpaired) electrons. The molecule has 1 heterocycles. The second-order valence-electron chi connectivity index (χ2n) is 7.33. The highest BCUT2D eigenvalue weighted by Crippen LogP contribution is 2.38. The molecule has 2 fully saturated rings. The summed E-state index contributed by atoms with van der Waals surface area (Å²) in [5.41, 5.74) is 0.541. The van der Waals surface area contributed by atoms with Crippen LogP contribution in [0.5, 0.6) is 0 Å². The molecule has 2 aliphatic rings. The zero-order valence-electron chi connectivity index (χ0n) is 12.8. The summed E-state index contributed by atoms with van der Waals surface area (Å²) in [6.07, 6.45) is 5.62. The first-order chi connectivity index (χ1) is 8.53. The normalized spacial score (nSPS) is 28.8. The lowest BCUT2D eigenvalue weighted by Crippen LogP contribution is -2.44. The van der Waals surface area contributed by atoms with Gasteiger partial charge in [0.15, 0.2) is 0 Å². The predicted molar refractivity (Wildman–Crippen MR) is 78.8 cm³/mol. The summed E-state index contributed by atoms with van der Waals surface area (Å²) in [6.45, 7) is 14.6. The van der Waals surface area contributed by atoms with Crippen molar-refractivity contribution in [1.82, 2.24) is 10.2 Å². The van der Waals surface area contributed by atoms with Gasteiger partial charge in [0.2, 0.25) is 0 Å². The molecule has 2 heteroatoms. The monoisotopic (exact) mass is 252 g/mol. The maximum Gasteiger partial charge on any atom is 0.00966 e. The summed E-state index contributed by atoms with van der Waals surface area (Å²) in [4.78, 5) is 2.81. The lowest BCUT2D eigenvalue weighted by atomic mass is 9.76. The van der Waals surface area contributed by atoms with Gasteiger partial charge in [-0.15, -0.1) is 0 Å². The van der Waals surface area contributed by atoms with Crippen LogP contribution in [0.4, 0.5) is 0 Å². The number of rotatable bonds is 7. The summed E-state index contributed by atoms with van der Waals surface area (Å²) in [5.74, 6) is 1.63. The highest BCUT2D eigenvalue weighted by atomic mass is 15.2. The van der Waals surface area contributed by atoms with Gasteiger partial charge in [0, 0.05) is 19.1 Å². The van der Waals surface area contributed by atoms with Gasteiger partial charge < -0.3 is 5.32 Å². The molecular weight excluding hydrogens is 220 g/mol. The molecule has 0 amide bonds. The Hall–Kier alpha value is -0.0800. The Morgan fingerprint density at radius 2 is 1.94 bits per heavy atom. The van der Waals surface area contributed by atoms with Gasteiger partial charge in [-0.3, -0.25) is 4.90 Å².